The van der Waals surface area contributed by atoms with Crippen molar-refractivity contribution in [3.8, 4) is 0 Å². The normalized spacial score (nSPS) is 10.8. The fraction of sp³-hybridized carbons (Fsp3) is 0.261. The maximum absolute atomic E-state index is 13.0. The number of rotatable bonds is 8. The number of nitrogens with zero attached hydrogens (tertiary/aromatic N) is 2. The van der Waals surface area contributed by atoms with Gasteiger partial charge in [-0.3, -0.25) is 19.1 Å². The van der Waals surface area contributed by atoms with Gasteiger partial charge in [-0.25, -0.2) is 4.79 Å². The number of H-pyrrole nitrogens is 1. The lowest BCUT2D eigenvalue weighted by atomic mass is 10.1. The Morgan fingerprint density at radius 2 is 1.78 bits per heavy atom. The molecular formula is C23H25ClN4O3S. The standard InChI is InChI=1S/C23H25ClN4O3S/c1-3-4-13-28-20(25)19(21(29)26-23(28)31)27(2)22(30)16-7-5-15(6-8-16)14-32-18-11-9-17(24)10-12-18/h5-12H,3-4,13-14,25H2,1-2H3,(H,26,29,31). The number of hydrogen-bond donors (Lipinski definition) is 2. The molecule has 3 rings (SSSR count). The van der Waals surface area contributed by atoms with Crippen LogP contribution in [0.5, 0.6) is 0 Å². The topological polar surface area (TPSA) is 101 Å². The predicted molar refractivity (Wildman–Crippen MR) is 131 cm³/mol. The van der Waals surface area contributed by atoms with E-state index in [9.17, 15) is 14.4 Å². The van der Waals surface area contributed by atoms with Gasteiger partial charge in [0.15, 0.2) is 5.69 Å². The number of carbonyl (C=O) groups excluding carboxylic acids is 1. The van der Waals surface area contributed by atoms with Crippen molar-refractivity contribution in [3.63, 3.8) is 0 Å². The van der Waals surface area contributed by atoms with Crippen LogP contribution in [0, 0.1) is 0 Å². The highest BCUT2D eigenvalue weighted by Crippen LogP contribution is 2.25. The Hall–Kier alpha value is -2.97. The summed E-state index contributed by atoms with van der Waals surface area (Å²) in [5.41, 5.74) is 6.28. The smallest absolute Gasteiger partial charge is 0.330 e. The summed E-state index contributed by atoms with van der Waals surface area (Å²) >= 11 is 7.58. The Kier molecular flexibility index (Phi) is 7.82. The van der Waals surface area contributed by atoms with Crippen LogP contribution in [-0.4, -0.2) is 22.5 Å². The number of thioether (sulfide) groups is 1. The third kappa shape index (κ3) is 5.44. The monoisotopic (exact) mass is 472 g/mol. The molecule has 0 radical (unpaired) electrons. The quantitative estimate of drug-likeness (QED) is 0.480. The van der Waals surface area contributed by atoms with E-state index in [0.29, 0.717) is 17.1 Å². The van der Waals surface area contributed by atoms with Gasteiger partial charge in [0.05, 0.1) is 0 Å². The second kappa shape index (κ2) is 10.6. The van der Waals surface area contributed by atoms with Crippen LogP contribution in [0.25, 0.3) is 0 Å². The van der Waals surface area contributed by atoms with Gasteiger partial charge >= 0.3 is 5.69 Å². The maximum Gasteiger partial charge on any atom is 0.330 e. The maximum atomic E-state index is 13.0. The first-order chi connectivity index (χ1) is 15.3. The molecule has 1 aromatic heterocycles. The summed E-state index contributed by atoms with van der Waals surface area (Å²) in [6.45, 7) is 2.36. The first-order valence-electron chi connectivity index (χ1n) is 10.2. The number of aromatic amines is 1. The van der Waals surface area contributed by atoms with E-state index in [2.05, 4.69) is 4.98 Å². The van der Waals surface area contributed by atoms with Gasteiger partial charge in [0, 0.05) is 34.8 Å². The van der Waals surface area contributed by atoms with Crippen molar-refractivity contribution in [2.45, 2.75) is 37.0 Å². The van der Waals surface area contributed by atoms with Crippen molar-refractivity contribution in [1.82, 2.24) is 9.55 Å². The average molecular weight is 473 g/mol. The number of aromatic nitrogens is 2. The van der Waals surface area contributed by atoms with Crippen LogP contribution in [0.1, 0.15) is 35.7 Å². The van der Waals surface area contributed by atoms with Gasteiger partial charge in [0.1, 0.15) is 5.82 Å². The molecule has 0 aliphatic carbocycles. The van der Waals surface area contributed by atoms with Gasteiger partial charge in [0.2, 0.25) is 0 Å². The number of benzene rings is 2. The van der Waals surface area contributed by atoms with E-state index < -0.39 is 11.2 Å². The van der Waals surface area contributed by atoms with E-state index in [0.717, 1.165) is 29.1 Å². The highest BCUT2D eigenvalue weighted by molar-refractivity contribution is 7.98. The molecule has 1 amide bonds. The largest absolute Gasteiger partial charge is 0.383 e. The first kappa shape index (κ1) is 23.7. The van der Waals surface area contributed by atoms with E-state index in [4.69, 9.17) is 17.3 Å². The number of amides is 1. The van der Waals surface area contributed by atoms with Gasteiger partial charge in [0.25, 0.3) is 11.5 Å². The van der Waals surface area contributed by atoms with Crippen LogP contribution < -0.4 is 21.9 Å². The first-order valence-corrected chi connectivity index (χ1v) is 11.6. The van der Waals surface area contributed by atoms with E-state index in [1.54, 1.807) is 23.9 Å². The molecule has 0 fully saturated rings. The molecule has 0 spiro atoms. The van der Waals surface area contributed by atoms with Crippen molar-refractivity contribution in [1.29, 1.82) is 0 Å². The molecule has 32 heavy (non-hydrogen) atoms. The zero-order valence-electron chi connectivity index (χ0n) is 17.9. The minimum absolute atomic E-state index is 0.0148. The van der Waals surface area contributed by atoms with E-state index in [1.807, 2.05) is 43.3 Å². The average Bonchev–Trinajstić information content (AvgIpc) is 2.78. The van der Waals surface area contributed by atoms with Crippen LogP contribution in [0.2, 0.25) is 5.02 Å². The summed E-state index contributed by atoms with van der Waals surface area (Å²) in [6, 6.07) is 14.8. The lowest BCUT2D eigenvalue weighted by Gasteiger charge is -2.20. The van der Waals surface area contributed by atoms with Crippen LogP contribution in [0.3, 0.4) is 0 Å². The molecule has 7 nitrogen and oxygen atoms in total. The molecule has 1 heterocycles. The lowest BCUT2D eigenvalue weighted by molar-refractivity contribution is 0.0992. The third-order valence-electron chi connectivity index (χ3n) is 5.01. The van der Waals surface area contributed by atoms with E-state index >= 15 is 0 Å². The minimum atomic E-state index is -0.688. The summed E-state index contributed by atoms with van der Waals surface area (Å²) in [5.74, 6) is 0.333. The summed E-state index contributed by atoms with van der Waals surface area (Å²) in [5, 5.41) is 0.696. The Balaban J connectivity index is 1.76. The van der Waals surface area contributed by atoms with Crippen molar-refractivity contribution in [2.75, 3.05) is 17.7 Å². The fourth-order valence-electron chi connectivity index (χ4n) is 3.18. The molecule has 0 atom stereocenters. The van der Waals surface area contributed by atoms with Gasteiger partial charge in [-0.15, -0.1) is 11.8 Å². The van der Waals surface area contributed by atoms with Gasteiger partial charge in [-0.1, -0.05) is 37.1 Å². The molecule has 0 saturated carbocycles. The lowest BCUT2D eigenvalue weighted by Crippen LogP contribution is -2.39. The van der Waals surface area contributed by atoms with Gasteiger partial charge in [-0.2, -0.15) is 0 Å². The van der Waals surface area contributed by atoms with Crippen LogP contribution in [0.4, 0.5) is 11.5 Å². The molecule has 2 aromatic carbocycles. The highest BCUT2D eigenvalue weighted by atomic mass is 35.5. The second-order valence-electron chi connectivity index (χ2n) is 7.30. The SMILES string of the molecule is CCCCn1c(N)c(N(C)C(=O)c2ccc(CSc3ccc(Cl)cc3)cc2)c(=O)[nH]c1=O. The number of nitrogens with two attached hydrogens (primary N) is 1. The van der Waals surface area contributed by atoms with Crippen LogP contribution in [0.15, 0.2) is 63.0 Å². The van der Waals surface area contributed by atoms with Crippen LogP contribution >= 0.6 is 23.4 Å². The number of nitrogens with one attached hydrogen (secondary N) is 1. The number of hydrogen-bond acceptors (Lipinski definition) is 5. The Labute approximate surface area is 195 Å². The summed E-state index contributed by atoms with van der Waals surface area (Å²) in [4.78, 5) is 42.1. The van der Waals surface area contributed by atoms with E-state index in [-0.39, 0.29) is 17.4 Å². The molecule has 3 aromatic rings. The number of nitrogen functional groups attached to an aromatic ring is 1. The molecule has 0 unspecified atom stereocenters. The molecule has 0 aliphatic rings. The fourth-order valence-corrected chi connectivity index (χ4v) is 4.16. The Morgan fingerprint density at radius 1 is 1.12 bits per heavy atom. The predicted octanol–water partition coefficient (Wildman–Crippen LogP) is 4.14. The number of anilines is 2. The summed E-state index contributed by atoms with van der Waals surface area (Å²) in [6.07, 6.45) is 1.58. The van der Waals surface area contributed by atoms with E-state index in [1.165, 1.54) is 16.5 Å². The molecule has 3 N–H and O–H groups in total. The molecule has 9 heteroatoms. The van der Waals surface area contributed by atoms with Crippen molar-refractivity contribution >= 4 is 40.8 Å². The minimum Gasteiger partial charge on any atom is -0.383 e. The number of halogens is 1. The van der Waals surface area contributed by atoms with Gasteiger partial charge < -0.3 is 10.6 Å². The second-order valence-corrected chi connectivity index (χ2v) is 8.79. The molecule has 168 valence electrons. The van der Waals surface area contributed by atoms with Crippen molar-refractivity contribution in [3.05, 3.63) is 85.5 Å². The third-order valence-corrected chi connectivity index (χ3v) is 6.34. The summed E-state index contributed by atoms with van der Waals surface area (Å²) in [7, 11) is 1.47. The Morgan fingerprint density at radius 3 is 2.41 bits per heavy atom. The summed E-state index contributed by atoms with van der Waals surface area (Å²) < 4.78 is 1.29. The van der Waals surface area contributed by atoms with Crippen molar-refractivity contribution in [2.24, 2.45) is 0 Å². The van der Waals surface area contributed by atoms with Crippen molar-refractivity contribution < 1.29 is 4.79 Å². The zero-order valence-corrected chi connectivity index (χ0v) is 19.5. The molecule has 0 bridgehead atoms. The Bertz CT molecular complexity index is 1200. The molecule has 0 aliphatic heterocycles. The number of carbonyl (C=O) groups is 1. The van der Waals surface area contributed by atoms with Crippen LogP contribution in [-0.2, 0) is 12.3 Å². The van der Waals surface area contributed by atoms with Gasteiger partial charge in [-0.05, 0) is 48.4 Å². The highest BCUT2D eigenvalue weighted by Gasteiger charge is 2.22. The zero-order chi connectivity index (χ0) is 23.3. The molecular weight excluding hydrogens is 448 g/mol. The number of unbranched alkanes of at least 4 members (excludes halogenated alkanes) is 1. The molecule has 0 saturated heterocycles.